The number of rotatable bonds is 7. The van der Waals surface area contributed by atoms with E-state index in [9.17, 15) is 4.79 Å². The van der Waals surface area contributed by atoms with Crippen LogP contribution in [0, 0.1) is 0 Å². The highest BCUT2D eigenvalue weighted by molar-refractivity contribution is 5.75. The number of aromatic amines is 1. The van der Waals surface area contributed by atoms with Gasteiger partial charge in [0.2, 0.25) is 0 Å². The molecule has 0 fully saturated rings. The second-order valence-corrected chi connectivity index (χ2v) is 4.84. The average molecular weight is 274 g/mol. The van der Waals surface area contributed by atoms with Crippen molar-refractivity contribution in [1.29, 1.82) is 0 Å². The predicted molar refractivity (Wildman–Crippen MR) is 80.7 cm³/mol. The smallest absolute Gasteiger partial charge is 0.314 e. The van der Waals surface area contributed by atoms with Gasteiger partial charge < -0.3 is 15.6 Å². The first-order valence-electron chi connectivity index (χ1n) is 7.25. The lowest BCUT2D eigenvalue weighted by molar-refractivity contribution is 0.241. The first kappa shape index (κ1) is 14.4. The Labute approximate surface area is 119 Å². The van der Waals surface area contributed by atoms with Gasteiger partial charge in [0.15, 0.2) is 0 Å². The fourth-order valence-electron chi connectivity index (χ4n) is 2.06. The zero-order valence-corrected chi connectivity index (χ0v) is 11.9. The maximum atomic E-state index is 11.5. The number of imidazole rings is 1. The summed E-state index contributed by atoms with van der Waals surface area (Å²) in [6.07, 6.45) is 4.05. The molecule has 0 bridgehead atoms. The summed E-state index contributed by atoms with van der Waals surface area (Å²) in [4.78, 5) is 19.2. The molecular formula is C15H22N4O. The number of hydrogen-bond donors (Lipinski definition) is 3. The number of para-hydroxylation sites is 2. The predicted octanol–water partition coefficient (Wildman–Crippen LogP) is 2.59. The minimum Gasteiger partial charge on any atom is -0.342 e. The molecule has 0 unspecified atom stereocenters. The minimum absolute atomic E-state index is 0.0998. The summed E-state index contributed by atoms with van der Waals surface area (Å²) in [5.74, 6) is 0.900. The third-order valence-corrected chi connectivity index (χ3v) is 3.15. The van der Waals surface area contributed by atoms with Gasteiger partial charge >= 0.3 is 6.03 Å². The molecule has 0 radical (unpaired) electrons. The van der Waals surface area contributed by atoms with E-state index in [1.54, 1.807) is 0 Å². The number of fused-ring (bicyclic) bond motifs is 1. The summed E-state index contributed by atoms with van der Waals surface area (Å²) in [6, 6.07) is 7.82. The van der Waals surface area contributed by atoms with E-state index < -0.39 is 0 Å². The third-order valence-electron chi connectivity index (χ3n) is 3.15. The molecule has 5 nitrogen and oxygen atoms in total. The van der Waals surface area contributed by atoms with E-state index in [4.69, 9.17) is 0 Å². The number of aromatic nitrogens is 2. The molecule has 0 aliphatic carbocycles. The number of unbranched alkanes of at least 4 members (excludes halogenated alkanes) is 2. The van der Waals surface area contributed by atoms with Gasteiger partial charge in [0, 0.05) is 19.5 Å². The SMILES string of the molecule is CCCCCNC(=O)NCCc1nc2ccccc2[nH]1. The van der Waals surface area contributed by atoms with Gasteiger partial charge in [-0.25, -0.2) is 9.78 Å². The van der Waals surface area contributed by atoms with Crippen LogP contribution in [0.3, 0.4) is 0 Å². The van der Waals surface area contributed by atoms with Gasteiger partial charge in [-0.05, 0) is 18.6 Å². The van der Waals surface area contributed by atoms with E-state index in [0.717, 1.165) is 42.7 Å². The molecule has 0 saturated heterocycles. The maximum absolute atomic E-state index is 11.5. The van der Waals surface area contributed by atoms with Crippen LogP contribution in [0.25, 0.3) is 11.0 Å². The van der Waals surface area contributed by atoms with Crippen molar-refractivity contribution < 1.29 is 4.79 Å². The van der Waals surface area contributed by atoms with Gasteiger partial charge in [-0.1, -0.05) is 31.9 Å². The van der Waals surface area contributed by atoms with Crippen LogP contribution in [0.2, 0.25) is 0 Å². The molecule has 20 heavy (non-hydrogen) atoms. The number of carbonyl (C=O) groups is 1. The Kier molecular flexibility index (Phi) is 5.41. The van der Waals surface area contributed by atoms with Crippen LogP contribution in [0.15, 0.2) is 24.3 Å². The average Bonchev–Trinajstić information content (AvgIpc) is 2.86. The van der Waals surface area contributed by atoms with Gasteiger partial charge in [-0.15, -0.1) is 0 Å². The van der Waals surface area contributed by atoms with Crippen molar-refractivity contribution in [2.45, 2.75) is 32.6 Å². The molecule has 2 rings (SSSR count). The van der Waals surface area contributed by atoms with Crippen molar-refractivity contribution in [1.82, 2.24) is 20.6 Å². The summed E-state index contributed by atoms with van der Waals surface area (Å²) in [6.45, 7) is 3.47. The van der Waals surface area contributed by atoms with Crippen LogP contribution in [-0.4, -0.2) is 29.1 Å². The van der Waals surface area contributed by atoms with E-state index in [0.29, 0.717) is 13.0 Å². The molecule has 5 heteroatoms. The molecule has 1 aromatic heterocycles. The topological polar surface area (TPSA) is 69.8 Å². The van der Waals surface area contributed by atoms with Crippen molar-refractivity contribution >= 4 is 17.1 Å². The molecule has 2 amide bonds. The summed E-state index contributed by atoms with van der Waals surface area (Å²) < 4.78 is 0. The number of hydrogen-bond acceptors (Lipinski definition) is 2. The summed E-state index contributed by atoms with van der Waals surface area (Å²) in [5.41, 5.74) is 2.00. The molecule has 1 heterocycles. The highest BCUT2D eigenvalue weighted by Crippen LogP contribution is 2.10. The molecule has 3 N–H and O–H groups in total. The Morgan fingerprint density at radius 2 is 2.00 bits per heavy atom. The highest BCUT2D eigenvalue weighted by Gasteiger charge is 2.03. The van der Waals surface area contributed by atoms with Crippen molar-refractivity contribution in [2.75, 3.05) is 13.1 Å². The number of nitrogens with one attached hydrogen (secondary N) is 3. The monoisotopic (exact) mass is 274 g/mol. The Balaban J connectivity index is 1.68. The minimum atomic E-state index is -0.0998. The fourth-order valence-corrected chi connectivity index (χ4v) is 2.06. The highest BCUT2D eigenvalue weighted by atomic mass is 16.2. The quantitative estimate of drug-likeness (QED) is 0.679. The Morgan fingerprint density at radius 3 is 2.80 bits per heavy atom. The molecule has 1 aromatic carbocycles. The summed E-state index contributed by atoms with van der Waals surface area (Å²) >= 11 is 0. The Morgan fingerprint density at radius 1 is 1.20 bits per heavy atom. The van der Waals surface area contributed by atoms with Gasteiger partial charge in [0.1, 0.15) is 5.82 Å². The van der Waals surface area contributed by atoms with Crippen LogP contribution < -0.4 is 10.6 Å². The molecule has 0 spiro atoms. The Hall–Kier alpha value is -2.04. The lowest BCUT2D eigenvalue weighted by Gasteiger charge is -2.06. The third kappa shape index (κ3) is 4.26. The summed E-state index contributed by atoms with van der Waals surface area (Å²) in [5, 5.41) is 5.69. The zero-order chi connectivity index (χ0) is 14.2. The van der Waals surface area contributed by atoms with Crippen molar-refractivity contribution in [3.63, 3.8) is 0 Å². The van der Waals surface area contributed by atoms with Gasteiger partial charge in [-0.3, -0.25) is 0 Å². The molecular weight excluding hydrogens is 252 g/mol. The van der Waals surface area contributed by atoms with Crippen LogP contribution in [0.5, 0.6) is 0 Å². The molecule has 0 atom stereocenters. The van der Waals surface area contributed by atoms with Crippen LogP contribution in [0.4, 0.5) is 4.79 Å². The lowest BCUT2D eigenvalue weighted by Crippen LogP contribution is -2.37. The van der Waals surface area contributed by atoms with E-state index in [1.165, 1.54) is 0 Å². The fraction of sp³-hybridized carbons (Fsp3) is 0.467. The van der Waals surface area contributed by atoms with Crippen molar-refractivity contribution in [3.05, 3.63) is 30.1 Å². The summed E-state index contributed by atoms with van der Waals surface area (Å²) in [7, 11) is 0. The van der Waals surface area contributed by atoms with E-state index in [1.807, 2.05) is 24.3 Å². The van der Waals surface area contributed by atoms with Crippen LogP contribution in [-0.2, 0) is 6.42 Å². The standard InChI is InChI=1S/C15H22N4O/c1-2-3-6-10-16-15(20)17-11-9-14-18-12-7-4-5-8-13(12)19-14/h4-5,7-8H,2-3,6,9-11H2,1H3,(H,18,19)(H2,16,17,20). The lowest BCUT2D eigenvalue weighted by atomic mass is 10.2. The maximum Gasteiger partial charge on any atom is 0.314 e. The second-order valence-electron chi connectivity index (χ2n) is 4.84. The van der Waals surface area contributed by atoms with Crippen LogP contribution >= 0.6 is 0 Å². The van der Waals surface area contributed by atoms with Crippen molar-refractivity contribution in [2.24, 2.45) is 0 Å². The first-order chi connectivity index (χ1) is 9.79. The van der Waals surface area contributed by atoms with Gasteiger partial charge in [-0.2, -0.15) is 0 Å². The first-order valence-corrected chi connectivity index (χ1v) is 7.25. The van der Waals surface area contributed by atoms with E-state index in [2.05, 4.69) is 27.5 Å². The van der Waals surface area contributed by atoms with Gasteiger partial charge in [0.25, 0.3) is 0 Å². The number of nitrogens with zero attached hydrogens (tertiary/aromatic N) is 1. The molecule has 0 aliphatic rings. The van der Waals surface area contributed by atoms with E-state index >= 15 is 0 Å². The Bertz CT molecular complexity index is 517. The van der Waals surface area contributed by atoms with E-state index in [-0.39, 0.29) is 6.03 Å². The van der Waals surface area contributed by atoms with Crippen molar-refractivity contribution in [3.8, 4) is 0 Å². The second kappa shape index (κ2) is 7.53. The number of carbonyl (C=O) groups excluding carboxylic acids is 1. The molecule has 0 saturated carbocycles. The normalized spacial score (nSPS) is 10.7. The zero-order valence-electron chi connectivity index (χ0n) is 11.9. The molecule has 2 aromatic rings. The van der Waals surface area contributed by atoms with Gasteiger partial charge in [0.05, 0.1) is 11.0 Å². The number of benzene rings is 1. The molecule has 108 valence electrons. The molecule has 0 aliphatic heterocycles. The number of urea groups is 1. The number of H-pyrrole nitrogens is 1. The van der Waals surface area contributed by atoms with Crippen LogP contribution in [0.1, 0.15) is 32.0 Å². The largest absolute Gasteiger partial charge is 0.342 e. The number of amides is 2.